The van der Waals surface area contributed by atoms with Gasteiger partial charge in [0.05, 0.1) is 7.11 Å². The minimum atomic E-state index is -0.210. The molecule has 1 atom stereocenters. The van der Waals surface area contributed by atoms with Crippen LogP contribution in [0.1, 0.15) is 31.4 Å². The molecule has 0 saturated carbocycles. The van der Waals surface area contributed by atoms with Crippen LogP contribution in [0.15, 0.2) is 42.5 Å². The molecule has 140 valence electrons. The Balaban J connectivity index is 1.91. The Labute approximate surface area is 155 Å². The van der Waals surface area contributed by atoms with Gasteiger partial charge in [-0.2, -0.15) is 0 Å². The maximum atomic E-state index is 12.1. The van der Waals surface area contributed by atoms with Crippen LogP contribution in [0.2, 0.25) is 0 Å². The number of benzene rings is 2. The molecule has 1 amide bonds. The largest absolute Gasteiger partial charge is 0.493 e. The van der Waals surface area contributed by atoms with E-state index in [1.807, 2.05) is 49.4 Å². The smallest absolute Gasteiger partial charge is 0.262 e. The number of hydrogen-bond acceptors (Lipinski definition) is 4. The van der Waals surface area contributed by atoms with Crippen LogP contribution in [0.4, 0.5) is 5.69 Å². The summed E-state index contributed by atoms with van der Waals surface area (Å²) in [7, 11) is 1.60. The molecule has 2 aromatic carbocycles. The average molecular weight is 356 g/mol. The highest BCUT2D eigenvalue weighted by atomic mass is 16.5. The van der Waals surface area contributed by atoms with E-state index >= 15 is 0 Å². The van der Waals surface area contributed by atoms with Crippen LogP contribution in [0, 0.1) is 6.92 Å². The summed E-state index contributed by atoms with van der Waals surface area (Å²) in [5.74, 6) is 0.967. The molecule has 0 aromatic heterocycles. The molecule has 0 radical (unpaired) electrons. The molecule has 2 aromatic rings. The molecular formula is C21H28N2O3. The summed E-state index contributed by atoms with van der Waals surface area (Å²) in [6, 6.07) is 13.8. The average Bonchev–Trinajstić information content (AvgIpc) is 2.66. The molecular weight excluding hydrogens is 328 g/mol. The Bertz CT molecular complexity index is 714. The summed E-state index contributed by atoms with van der Waals surface area (Å²) < 4.78 is 11.0. The van der Waals surface area contributed by atoms with E-state index in [-0.39, 0.29) is 12.5 Å². The van der Waals surface area contributed by atoms with Crippen molar-refractivity contribution in [1.82, 2.24) is 5.32 Å². The maximum absolute atomic E-state index is 12.1. The van der Waals surface area contributed by atoms with Crippen molar-refractivity contribution in [1.29, 1.82) is 0 Å². The Kier molecular flexibility index (Phi) is 7.48. The first-order valence-electron chi connectivity index (χ1n) is 8.91. The maximum Gasteiger partial charge on any atom is 0.262 e. The zero-order chi connectivity index (χ0) is 18.9. The van der Waals surface area contributed by atoms with Crippen LogP contribution in [-0.2, 0) is 11.3 Å². The molecule has 0 fully saturated rings. The van der Waals surface area contributed by atoms with E-state index in [0.29, 0.717) is 17.5 Å². The number of amides is 1. The second-order valence-electron chi connectivity index (χ2n) is 6.38. The number of carbonyl (C=O) groups is 1. The van der Waals surface area contributed by atoms with Crippen LogP contribution in [0.5, 0.6) is 11.5 Å². The number of hydrogen-bond donors (Lipinski definition) is 2. The predicted molar refractivity (Wildman–Crippen MR) is 105 cm³/mol. The van der Waals surface area contributed by atoms with Gasteiger partial charge in [0.15, 0.2) is 18.1 Å². The van der Waals surface area contributed by atoms with Gasteiger partial charge in [-0.15, -0.1) is 0 Å². The molecule has 26 heavy (non-hydrogen) atoms. The number of ether oxygens (including phenoxy) is 2. The van der Waals surface area contributed by atoms with Crippen molar-refractivity contribution in [3.05, 3.63) is 53.6 Å². The van der Waals surface area contributed by atoms with Crippen LogP contribution in [-0.4, -0.2) is 25.7 Å². The van der Waals surface area contributed by atoms with Crippen molar-refractivity contribution in [2.24, 2.45) is 0 Å². The van der Waals surface area contributed by atoms with E-state index in [9.17, 15) is 4.79 Å². The van der Waals surface area contributed by atoms with Gasteiger partial charge in [0, 0.05) is 18.3 Å². The number of methoxy groups -OCH3 is 1. The van der Waals surface area contributed by atoms with Crippen LogP contribution in [0.3, 0.4) is 0 Å². The van der Waals surface area contributed by atoms with Gasteiger partial charge in [0.25, 0.3) is 5.91 Å². The molecule has 0 aliphatic heterocycles. The second kappa shape index (κ2) is 9.82. The molecule has 2 rings (SSSR count). The summed E-state index contributed by atoms with van der Waals surface area (Å²) in [6.45, 7) is 7.00. The van der Waals surface area contributed by atoms with Gasteiger partial charge in [-0.05, 0) is 50.1 Å². The monoisotopic (exact) mass is 356 g/mol. The number of nitrogens with one attached hydrogen (secondary N) is 2. The first kappa shape index (κ1) is 19.8. The fraction of sp³-hybridized carbons (Fsp3) is 0.381. The quantitative estimate of drug-likeness (QED) is 0.715. The van der Waals surface area contributed by atoms with Crippen molar-refractivity contribution in [3.63, 3.8) is 0 Å². The van der Waals surface area contributed by atoms with Crippen LogP contribution >= 0.6 is 0 Å². The van der Waals surface area contributed by atoms with Crippen LogP contribution in [0.25, 0.3) is 0 Å². The fourth-order valence-corrected chi connectivity index (χ4v) is 2.35. The third kappa shape index (κ3) is 6.08. The van der Waals surface area contributed by atoms with Crippen molar-refractivity contribution < 1.29 is 14.3 Å². The Morgan fingerprint density at radius 1 is 1.12 bits per heavy atom. The fourth-order valence-electron chi connectivity index (χ4n) is 2.35. The van der Waals surface area contributed by atoms with E-state index in [4.69, 9.17) is 9.47 Å². The summed E-state index contributed by atoms with van der Waals surface area (Å²) in [6.07, 6.45) is 1.08. The topological polar surface area (TPSA) is 59.6 Å². The highest BCUT2D eigenvalue weighted by Gasteiger charge is 2.09. The summed E-state index contributed by atoms with van der Waals surface area (Å²) in [4.78, 5) is 12.1. The first-order valence-corrected chi connectivity index (χ1v) is 8.91. The molecule has 0 bridgehead atoms. The lowest BCUT2D eigenvalue weighted by molar-refractivity contribution is -0.118. The standard InChI is InChI=1S/C21H28N2O3/c1-5-16(3)22-13-17-8-11-19(20(12-17)25-4)26-14-21(24)23-18-9-6-15(2)7-10-18/h6-12,16,22H,5,13-14H2,1-4H3,(H,23,24)/t16-/m0/s1. The minimum absolute atomic E-state index is 0.0747. The van der Waals surface area contributed by atoms with Crippen molar-refractivity contribution in [2.75, 3.05) is 19.0 Å². The molecule has 0 spiro atoms. The van der Waals surface area contributed by atoms with Gasteiger partial charge >= 0.3 is 0 Å². The highest BCUT2D eigenvalue weighted by Crippen LogP contribution is 2.28. The Morgan fingerprint density at radius 3 is 2.50 bits per heavy atom. The number of carbonyl (C=O) groups excluding carboxylic acids is 1. The second-order valence-corrected chi connectivity index (χ2v) is 6.38. The van der Waals surface area contributed by atoms with Gasteiger partial charge in [-0.25, -0.2) is 0 Å². The van der Waals surface area contributed by atoms with Gasteiger partial charge < -0.3 is 20.1 Å². The highest BCUT2D eigenvalue weighted by molar-refractivity contribution is 5.91. The molecule has 0 aliphatic carbocycles. The predicted octanol–water partition coefficient (Wildman–Crippen LogP) is 3.91. The van der Waals surface area contributed by atoms with E-state index in [2.05, 4.69) is 24.5 Å². The van der Waals surface area contributed by atoms with Gasteiger partial charge in [0.2, 0.25) is 0 Å². The van der Waals surface area contributed by atoms with E-state index in [0.717, 1.165) is 29.8 Å². The molecule has 0 saturated heterocycles. The number of rotatable bonds is 9. The number of aryl methyl sites for hydroxylation is 1. The van der Waals surface area contributed by atoms with E-state index in [1.54, 1.807) is 7.11 Å². The lowest BCUT2D eigenvalue weighted by Crippen LogP contribution is -2.24. The van der Waals surface area contributed by atoms with Crippen molar-refractivity contribution >= 4 is 11.6 Å². The zero-order valence-electron chi connectivity index (χ0n) is 16.0. The molecule has 0 heterocycles. The van der Waals surface area contributed by atoms with E-state index < -0.39 is 0 Å². The SMILES string of the molecule is CC[C@H](C)NCc1ccc(OCC(=O)Nc2ccc(C)cc2)c(OC)c1. The Hall–Kier alpha value is -2.53. The first-order chi connectivity index (χ1) is 12.5. The Morgan fingerprint density at radius 2 is 1.85 bits per heavy atom. The third-order valence-electron chi connectivity index (χ3n) is 4.19. The van der Waals surface area contributed by atoms with Crippen molar-refractivity contribution in [3.8, 4) is 11.5 Å². The molecule has 5 heteroatoms. The molecule has 5 nitrogen and oxygen atoms in total. The summed E-state index contributed by atoms with van der Waals surface area (Å²) in [5, 5.41) is 6.25. The van der Waals surface area contributed by atoms with Gasteiger partial charge in [0.1, 0.15) is 0 Å². The molecule has 2 N–H and O–H groups in total. The minimum Gasteiger partial charge on any atom is -0.493 e. The normalized spacial score (nSPS) is 11.7. The summed E-state index contributed by atoms with van der Waals surface area (Å²) >= 11 is 0. The molecule has 0 unspecified atom stereocenters. The third-order valence-corrected chi connectivity index (χ3v) is 4.19. The zero-order valence-corrected chi connectivity index (χ0v) is 16.0. The lowest BCUT2D eigenvalue weighted by atomic mass is 10.1. The van der Waals surface area contributed by atoms with Crippen molar-refractivity contribution in [2.45, 2.75) is 39.8 Å². The lowest BCUT2D eigenvalue weighted by Gasteiger charge is -2.14. The van der Waals surface area contributed by atoms with Gasteiger partial charge in [-0.1, -0.05) is 30.7 Å². The number of anilines is 1. The van der Waals surface area contributed by atoms with Crippen LogP contribution < -0.4 is 20.1 Å². The van der Waals surface area contributed by atoms with Gasteiger partial charge in [-0.3, -0.25) is 4.79 Å². The molecule has 0 aliphatic rings. The van der Waals surface area contributed by atoms with E-state index in [1.165, 1.54) is 0 Å². The summed E-state index contributed by atoms with van der Waals surface area (Å²) in [5.41, 5.74) is 3.01.